The molecule has 3 heterocycles. The number of thiophene rings is 1. The third-order valence-electron chi connectivity index (χ3n) is 5.54. The molecule has 2 fully saturated rings. The van der Waals surface area contributed by atoms with Gasteiger partial charge in [-0.1, -0.05) is 6.07 Å². The van der Waals surface area contributed by atoms with E-state index < -0.39 is 0 Å². The van der Waals surface area contributed by atoms with Crippen molar-refractivity contribution in [1.82, 2.24) is 9.80 Å². The van der Waals surface area contributed by atoms with Crippen molar-refractivity contribution in [2.24, 2.45) is 5.41 Å². The lowest BCUT2D eigenvalue weighted by Crippen LogP contribution is -2.41. The molecule has 0 bridgehead atoms. The summed E-state index contributed by atoms with van der Waals surface area (Å²) in [5, 5.41) is 2.18. The Morgan fingerprint density at radius 3 is 2.74 bits per heavy atom. The van der Waals surface area contributed by atoms with Crippen LogP contribution in [-0.4, -0.2) is 69.5 Å². The van der Waals surface area contributed by atoms with Gasteiger partial charge in [-0.05, 0) is 49.2 Å². The van der Waals surface area contributed by atoms with Crippen LogP contribution >= 0.6 is 11.3 Å². The van der Waals surface area contributed by atoms with E-state index >= 15 is 0 Å². The van der Waals surface area contributed by atoms with E-state index in [2.05, 4.69) is 27.3 Å². The van der Waals surface area contributed by atoms with E-state index in [1.165, 1.54) is 43.8 Å². The molecule has 1 aromatic heterocycles. The van der Waals surface area contributed by atoms with Crippen molar-refractivity contribution in [3.8, 4) is 0 Å². The van der Waals surface area contributed by atoms with Crippen molar-refractivity contribution in [1.29, 1.82) is 0 Å². The molecule has 3 rings (SSSR count). The monoisotopic (exact) mass is 338 g/mol. The summed E-state index contributed by atoms with van der Waals surface area (Å²) in [6.45, 7) is 7.52. The van der Waals surface area contributed by atoms with Gasteiger partial charge in [0.2, 0.25) is 0 Å². The van der Waals surface area contributed by atoms with E-state index in [1.54, 1.807) is 7.11 Å². The quantitative estimate of drug-likeness (QED) is 0.763. The van der Waals surface area contributed by atoms with Gasteiger partial charge in [0.1, 0.15) is 0 Å². The normalized spacial score (nSPS) is 25.4. The highest BCUT2D eigenvalue weighted by molar-refractivity contribution is 7.09. The Morgan fingerprint density at radius 1 is 1.26 bits per heavy atom. The number of nitrogens with zero attached hydrogens (tertiary/aromatic N) is 2. The fourth-order valence-electron chi connectivity index (χ4n) is 4.25. The van der Waals surface area contributed by atoms with Gasteiger partial charge in [0, 0.05) is 44.8 Å². The van der Waals surface area contributed by atoms with Crippen molar-refractivity contribution in [2.75, 3.05) is 53.6 Å². The SMILES string of the molecule is COCCN1CC2(CCN(Cc3cccs3)CC2)CC1COC. The molecule has 2 saturated heterocycles. The number of ether oxygens (including phenoxy) is 2. The summed E-state index contributed by atoms with van der Waals surface area (Å²) < 4.78 is 10.8. The van der Waals surface area contributed by atoms with Crippen LogP contribution in [0.4, 0.5) is 0 Å². The number of piperidine rings is 1. The van der Waals surface area contributed by atoms with Crippen LogP contribution in [0.15, 0.2) is 17.5 Å². The molecule has 0 amide bonds. The summed E-state index contributed by atoms with van der Waals surface area (Å²) in [5.74, 6) is 0. The highest BCUT2D eigenvalue weighted by Crippen LogP contribution is 2.43. The molecule has 5 heteroatoms. The highest BCUT2D eigenvalue weighted by Gasteiger charge is 2.45. The van der Waals surface area contributed by atoms with E-state index in [1.807, 2.05) is 18.4 Å². The summed E-state index contributed by atoms with van der Waals surface area (Å²) in [5.41, 5.74) is 0.503. The molecule has 4 nitrogen and oxygen atoms in total. The molecule has 2 aliphatic rings. The number of hydrogen-bond acceptors (Lipinski definition) is 5. The maximum Gasteiger partial charge on any atom is 0.0618 e. The van der Waals surface area contributed by atoms with E-state index in [4.69, 9.17) is 9.47 Å². The van der Waals surface area contributed by atoms with Crippen molar-refractivity contribution in [2.45, 2.75) is 31.8 Å². The van der Waals surface area contributed by atoms with Gasteiger partial charge in [-0.2, -0.15) is 0 Å². The van der Waals surface area contributed by atoms with Crippen molar-refractivity contribution < 1.29 is 9.47 Å². The second kappa shape index (κ2) is 8.08. The maximum atomic E-state index is 5.47. The average molecular weight is 339 g/mol. The number of methoxy groups -OCH3 is 2. The van der Waals surface area contributed by atoms with Gasteiger partial charge in [0.25, 0.3) is 0 Å². The largest absolute Gasteiger partial charge is 0.383 e. The number of likely N-dealkylation sites (tertiary alicyclic amines) is 2. The molecule has 1 spiro atoms. The van der Waals surface area contributed by atoms with Gasteiger partial charge >= 0.3 is 0 Å². The molecule has 0 saturated carbocycles. The Kier molecular flexibility index (Phi) is 6.10. The Hall–Kier alpha value is -0.460. The van der Waals surface area contributed by atoms with Crippen LogP contribution in [0.1, 0.15) is 24.1 Å². The van der Waals surface area contributed by atoms with Crippen LogP contribution in [-0.2, 0) is 16.0 Å². The lowest BCUT2D eigenvalue weighted by atomic mass is 9.76. The molecule has 1 atom stereocenters. The first-order valence-electron chi connectivity index (χ1n) is 8.71. The molecule has 1 aromatic rings. The molecule has 0 radical (unpaired) electrons. The first-order chi connectivity index (χ1) is 11.2. The van der Waals surface area contributed by atoms with Crippen molar-refractivity contribution >= 4 is 11.3 Å². The molecular formula is C18H30N2O2S. The molecule has 130 valence electrons. The minimum absolute atomic E-state index is 0.503. The molecule has 0 N–H and O–H groups in total. The van der Waals surface area contributed by atoms with Gasteiger partial charge in [-0.15, -0.1) is 11.3 Å². The Labute approximate surface area is 144 Å². The predicted octanol–water partition coefficient (Wildman–Crippen LogP) is 2.70. The third kappa shape index (κ3) is 4.34. The maximum absolute atomic E-state index is 5.47. The van der Waals surface area contributed by atoms with E-state index in [9.17, 15) is 0 Å². The summed E-state index contributed by atoms with van der Waals surface area (Å²) >= 11 is 1.88. The van der Waals surface area contributed by atoms with Crippen LogP contribution in [0.3, 0.4) is 0 Å². The van der Waals surface area contributed by atoms with Gasteiger partial charge < -0.3 is 9.47 Å². The Balaban J connectivity index is 1.54. The van der Waals surface area contributed by atoms with Gasteiger partial charge in [0.15, 0.2) is 0 Å². The second-order valence-corrected chi connectivity index (χ2v) is 8.16. The van der Waals surface area contributed by atoms with Crippen LogP contribution in [0.5, 0.6) is 0 Å². The molecule has 1 unspecified atom stereocenters. The van der Waals surface area contributed by atoms with Crippen molar-refractivity contribution in [3.05, 3.63) is 22.4 Å². The summed E-state index contributed by atoms with van der Waals surface area (Å²) in [7, 11) is 3.61. The topological polar surface area (TPSA) is 24.9 Å². The summed E-state index contributed by atoms with van der Waals surface area (Å²) in [6, 6.07) is 4.98. The lowest BCUT2D eigenvalue weighted by molar-refractivity contribution is 0.0859. The molecule has 2 aliphatic heterocycles. The lowest BCUT2D eigenvalue weighted by Gasteiger charge is -2.39. The van der Waals surface area contributed by atoms with Crippen molar-refractivity contribution in [3.63, 3.8) is 0 Å². The van der Waals surface area contributed by atoms with E-state index in [0.29, 0.717) is 11.5 Å². The van der Waals surface area contributed by atoms with Gasteiger partial charge in [0.05, 0.1) is 13.2 Å². The van der Waals surface area contributed by atoms with Gasteiger partial charge in [-0.25, -0.2) is 0 Å². The zero-order valence-corrected chi connectivity index (χ0v) is 15.3. The third-order valence-corrected chi connectivity index (χ3v) is 6.40. The molecular weight excluding hydrogens is 308 g/mol. The summed E-state index contributed by atoms with van der Waals surface area (Å²) in [4.78, 5) is 6.72. The zero-order valence-electron chi connectivity index (χ0n) is 14.5. The second-order valence-electron chi connectivity index (χ2n) is 7.13. The first-order valence-corrected chi connectivity index (χ1v) is 9.59. The fraction of sp³-hybridized carbons (Fsp3) is 0.778. The minimum Gasteiger partial charge on any atom is -0.383 e. The van der Waals surface area contributed by atoms with Crippen LogP contribution in [0, 0.1) is 5.41 Å². The van der Waals surface area contributed by atoms with Crippen LogP contribution < -0.4 is 0 Å². The zero-order chi connectivity index (χ0) is 16.1. The van der Waals surface area contributed by atoms with Crippen LogP contribution in [0.25, 0.3) is 0 Å². The number of rotatable bonds is 7. The van der Waals surface area contributed by atoms with Crippen LogP contribution in [0.2, 0.25) is 0 Å². The Morgan fingerprint density at radius 2 is 2.09 bits per heavy atom. The average Bonchev–Trinajstić information content (AvgIpc) is 3.17. The smallest absolute Gasteiger partial charge is 0.0618 e. The fourth-order valence-corrected chi connectivity index (χ4v) is 5.00. The first kappa shape index (κ1) is 17.4. The minimum atomic E-state index is 0.503. The van der Waals surface area contributed by atoms with Gasteiger partial charge in [-0.3, -0.25) is 9.80 Å². The van der Waals surface area contributed by atoms with E-state index in [0.717, 1.165) is 26.3 Å². The Bertz CT molecular complexity index is 458. The molecule has 0 aromatic carbocycles. The predicted molar refractivity (Wildman–Crippen MR) is 95.0 cm³/mol. The van der Waals surface area contributed by atoms with E-state index in [-0.39, 0.29) is 0 Å². The standard InChI is InChI=1S/C18H30N2O2S/c1-21-10-9-20-15-18(12-16(20)14-22-2)5-7-19(8-6-18)13-17-4-3-11-23-17/h3-4,11,16H,5-10,12-15H2,1-2H3. The highest BCUT2D eigenvalue weighted by atomic mass is 32.1. The molecule has 23 heavy (non-hydrogen) atoms. The summed E-state index contributed by atoms with van der Waals surface area (Å²) in [6.07, 6.45) is 3.93. The number of hydrogen-bond donors (Lipinski definition) is 0. The molecule has 0 aliphatic carbocycles.